The van der Waals surface area contributed by atoms with Crippen molar-refractivity contribution in [1.82, 2.24) is 0 Å². The molecular weight excluding hydrogens is 286 g/mol. The Morgan fingerprint density at radius 2 is 1.58 bits per heavy atom. The van der Waals surface area contributed by atoms with E-state index in [-0.39, 0.29) is 5.02 Å². The van der Waals surface area contributed by atoms with Gasteiger partial charge in [0.15, 0.2) is 0 Å². The number of hydrogen-bond donors (Lipinski definition) is 0. The van der Waals surface area contributed by atoms with Gasteiger partial charge in [-0.25, -0.2) is 4.39 Å². The molecule has 0 atom stereocenters. The van der Waals surface area contributed by atoms with Crippen LogP contribution in [0.5, 0.6) is 0 Å². The van der Waals surface area contributed by atoms with E-state index in [1.54, 1.807) is 36.4 Å². The zero-order valence-corrected chi connectivity index (χ0v) is 11.3. The first-order valence-electron chi connectivity index (χ1n) is 5.47. The predicted octanol–water partition coefficient (Wildman–Crippen LogP) is 5.12. The first-order chi connectivity index (χ1) is 9.08. The van der Waals surface area contributed by atoms with E-state index >= 15 is 0 Å². The van der Waals surface area contributed by atoms with Gasteiger partial charge in [0.25, 0.3) is 0 Å². The Labute approximate surface area is 120 Å². The molecule has 4 heteroatoms. The number of carbonyl (C=O) groups is 1. The van der Waals surface area contributed by atoms with E-state index < -0.39 is 5.82 Å². The SMILES string of the molecule is O=Cc1cc(Cl)cc(/C=C/c2ccc(F)c(Cl)c2)c1. The molecule has 0 unspecified atom stereocenters. The molecule has 0 saturated heterocycles. The summed E-state index contributed by atoms with van der Waals surface area (Å²) in [5, 5.41) is 0.559. The van der Waals surface area contributed by atoms with Crippen molar-refractivity contribution in [2.45, 2.75) is 0 Å². The standard InChI is InChI=1S/C15H9Cl2FO/c16-13-6-11(5-12(7-13)9-19)2-1-10-3-4-15(18)14(17)8-10/h1-9H/b2-1+. The van der Waals surface area contributed by atoms with Crippen LogP contribution in [0.1, 0.15) is 21.5 Å². The normalized spacial score (nSPS) is 10.9. The summed E-state index contributed by atoms with van der Waals surface area (Å²) in [4.78, 5) is 10.7. The summed E-state index contributed by atoms with van der Waals surface area (Å²) in [6.07, 6.45) is 4.28. The lowest BCUT2D eigenvalue weighted by atomic mass is 10.1. The van der Waals surface area contributed by atoms with Crippen LogP contribution in [-0.2, 0) is 0 Å². The summed E-state index contributed by atoms with van der Waals surface area (Å²) >= 11 is 11.6. The minimum Gasteiger partial charge on any atom is -0.298 e. The minimum atomic E-state index is -0.454. The number of benzene rings is 2. The van der Waals surface area contributed by atoms with Gasteiger partial charge in [0.2, 0.25) is 0 Å². The fraction of sp³-hybridized carbons (Fsp3) is 0. The van der Waals surface area contributed by atoms with Crippen molar-refractivity contribution in [2.24, 2.45) is 0 Å². The van der Waals surface area contributed by atoms with Gasteiger partial charge in [-0.1, -0.05) is 41.4 Å². The predicted molar refractivity (Wildman–Crippen MR) is 77.2 cm³/mol. The van der Waals surface area contributed by atoms with Gasteiger partial charge < -0.3 is 0 Å². The second-order valence-electron chi connectivity index (χ2n) is 3.94. The van der Waals surface area contributed by atoms with Crippen molar-refractivity contribution in [2.75, 3.05) is 0 Å². The average molecular weight is 295 g/mol. The molecule has 0 amide bonds. The summed E-state index contributed by atoms with van der Waals surface area (Å²) in [5.41, 5.74) is 2.05. The maximum atomic E-state index is 13.0. The maximum Gasteiger partial charge on any atom is 0.150 e. The van der Waals surface area contributed by atoms with E-state index in [0.717, 1.165) is 17.4 Å². The lowest BCUT2D eigenvalue weighted by Crippen LogP contribution is -1.82. The van der Waals surface area contributed by atoms with Crippen LogP contribution in [0.4, 0.5) is 4.39 Å². The second-order valence-corrected chi connectivity index (χ2v) is 4.79. The highest BCUT2D eigenvalue weighted by molar-refractivity contribution is 6.31. The Morgan fingerprint density at radius 1 is 0.895 bits per heavy atom. The minimum absolute atomic E-state index is 0.0711. The molecule has 0 aliphatic carbocycles. The van der Waals surface area contributed by atoms with Crippen molar-refractivity contribution >= 4 is 41.6 Å². The molecule has 2 rings (SSSR count). The molecule has 0 fully saturated rings. The summed E-state index contributed by atoms with van der Waals surface area (Å²) in [5.74, 6) is -0.454. The van der Waals surface area contributed by atoms with Crippen LogP contribution in [0.15, 0.2) is 36.4 Å². The van der Waals surface area contributed by atoms with Crippen molar-refractivity contribution in [3.05, 3.63) is 69.0 Å². The molecule has 0 spiro atoms. The number of hydrogen-bond acceptors (Lipinski definition) is 1. The van der Waals surface area contributed by atoms with Gasteiger partial charge in [0.05, 0.1) is 5.02 Å². The first-order valence-corrected chi connectivity index (χ1v) is 6.23. The van der Waals surface area contributed by atoms with Gasteiger partial charge in [0, 0.05) is 10.6 Å². The van der Waals surface area contributed by atoms with Crippen LogP contribution >= 0.6 is 23.2 Å². The highest BCUT2D eigenvalue weighted by Gasteiger charge is 1.99. The maximum absolute atomic E-state index is 13.0. The summed E-state index contributed by atoms with van der Waals surface area (Å²) in [6.45, 7) is 0. The number of carbonyl (C=O) groups excluding carboxylic acids is 1. The third kappa shape index (κ3) is 3.66. The van der Waals surface area contributed by atoms with Crippen LogP contribution in [0.3, 0.4) is 0 Å². The van der Waals surface area contributed by atoms with Gasteiger partial charge >= 0.3 is 0 Å². The second kappa shape index (κ2) is 6.00. The molecule has 0 aliphatic rings. The van der Waals surface area contributed by atoms with Crippen molar-refractivity contribution in [3.8, 4) is 0 Å². The fourth-order valence-corrected chi connectivity index (χ4v) is 2.05. The van der Waals surface area contributed by atoms with E-state index in [2.05, 4.69) is 0 Å². The average Bonchev–Trinajstić information content (AvgIpc) is 2.39. The Bertz CT molecular complexity index is 651. The van der Waals surface area contributed by atoms with Gasteiger partial charge in [-0.05, 0) is 41.5 Å². The molecule has 19 heavy (non-hydrogen) atoms. The van der Waals surface area contributed by atoms with E-state index in [1.807, 2.05) is 0 Å². The highest BCUT2D eigenvalue weighted by Crippen LogP contribution is 2.19. The molecule has 0 bridgehead atoms. The van der Waals surface area contributed by atoms with Gasteiger partial charge in [-0.2, -0.15) is 0 Å². The van der Waals surface area contributed by atoms with E-state index in [1.165, 1.54) is 12.1 Å². The van der Waals surface area contributed by atoms with Gasteiger partial charge in [-0.3, -0.25) is 4.79 Å². The first kappa shape index (κ1) is 13.8. The lowest BCUT2D eigenvalue weighted by molar-refractivity contribution is 0.112. The van der Waals surface area contributed by atoms with Crippen LogP contribution in [0, 0.1) is 5.82 Å². The van der Waals surface area contributed by atoms with Crippen molar-refractivity contribution in [3.63, 3.8) is 0 Å². The number of aldehydes is 1. The zero-order valence-electron chi connectivity index (χ0n) is 9.74. The van der Waals surface area contributed by atoms with Crippen molar-refractivity contribution in [1.29, 1.82) is 0 Å². The summed E-state index contributed by atoms with van der Waals surface area (Å²) in [6, 6.07) is 9.47. The Kier molecular flexibility index (Phi) is 4.35. The Balaban J connectivity index is 2.29. The van der Waals surface area contributed by atoms with Gasteiger partial charge in [-0.15, -0.1) is 0 Å². The monoisotopic (exact) mass is 294 g/mol. The molecule has 0 aromatic heterocycles. The third-order valence-corrected chi connectivity index (χ3v) is 3.00. The zero-order chi connectivity index (χ0) is 13.8. The van der Waals surface area contributed by atoms with Crippen LogP contribution in [0.2, 0.25) is 10.0 Å². The lowest BCUT2D eigenvalue weighted by Gasteiger charge is -1.99. The molecule has 1 nitrogen and oxygen atoms in total. The van der Waals surface area contributed by atoms with Crippen LogP contribution in [-0.4, -0.2) is 6.29 Å². The smallest absolute Gasteiger partial charge is 0.150 e. The van der Waals surface area contributed by atoms with E-state index in [9.17, 15) is 9.18 Å². The molecule has 0 heterocycles. The number of halogens is 3. The van der Waals surface area contributed by atoms with E-state index in [4.69, 9.17) is 23.2 Å². The van der Waals surface area contributed by atoms with E-state index in [0.29, 0.717) is 10.6 Å². The molecule has 2 aromatic rings. The third-order valence-electron chi connectivity index (χ3n) is 2.49. The largest absolute Gasteiger partial charge is 0.298 e. The van der Waals surface area contributed by atoms with Crippen molar-refractivity contribution < 1.29 is 9.18 Å². The van der Waals surface area contributed by atoms with Crippen LogP contribution in [0.25, 0.3) is 12.2 Å². The topological polar surface area (TPSA) is 17.1 Å². The molecule has 0 N–H and O–H groups in total. The molecule has 2 aromatic carbocycles. The van der Waals surface area contributed by atoms with Gasteiger partial charge in [0.1, 0.15) is 12.1 Å². The number of rotatable bonds is 3. The molecule has 0 saturated carbocycles. The quantitative estimate of drug-likeness (QED) is 0.567. The summed E-state index contributed by atoms with van der Waals surface area (Å²) < 4.78 is 13.0. The molecular formula is C15H9Cl2FO. The highest BCUT2D eigenvalue weighted by atomic mass is 35.5. The fourth-order valence-electron chi connectivity index (χ4n) is 1.61. The summed E-state index contributed by atoms with van der Waals surface area (Å²) in [7, 11) is 0. The van der Waals surface area contributed by atoms with Crippen LogP contribution < -0.4 is 0 Å². The molecule has 0 aliphatic heterocycles. The Morgan fingerprint density at radius 3 is 2.26 bits per heavy atom. The Hall–Kier alpha value is -1.64. The molecule has 96 valence electrons. The molecule has 0 radical (unpaired) electrons.